The van der Waals surface area contributed by atoms with Crippen molar-refractivity contribution in [3.63, 3.8) is 0 Å². The van der Waals surface area contributed by atoms with Crippen LogP contribution in [-0.2, 0) is 17.5 Å². The second-order valence-electron chi connectivity index (χ2n) is 6.14. The molecule has 7 heteroatoms. The highest BCUT2D eigenvalue weighted by atomic mass is 32.2. The molecule has 134 valence electrons. The molecule has 1 fully saturated rings. The Kier molecular flexibility index (Phi) is 6.57. The standard InChI is InChI=1S/C17H23F3N2OS/c1-12(24-2)16(23)21-15-6-8-22(9-7-15)11-13-4-3-5-14(10-13)17(18,19)20/h3-5,10,12,15H,6-9,11H2,1-2H3,(H,21,23). The lowest BCUT2D eigenvalue weighted by atomic mass is 10.0. The van der Waals surface area contributed by atoms with Crippen molar-refractivity contribution >= 4 is 17.7 Å². The Labute approximate surface area is 145 Å². The summed E-state index contributed by atoms with van der Waals surface area (Å²) in [7, 11) is 0. The van der Waals surface area contributed by atoms with E-state index >= 15 is 0 Å². The van der Waals surface area contributed by atoms with E-state index in [1.165, 1.54) is 23.9 Å². The summed E-state index contributed by atoms with van der Waals surface area (Å²) in [6.45, 7) is 3.93. The van der Waals surface area contributed by atoms with Crippen LogP contribution >= 0.6 is 11.8 Å². The van der Waals surface area contributed by atoms with Crippen molar-refractivity contribution in [2.45, 2.75) is 43.8 Å². The van der Waals surface area contributed by atoms with Gasteiger partial charge in [-0.25, -0.2) is 0 Å². The molecule has 1 aliphatic rings. The van der Waals surface area contributed by atoms with Gasteiger partial charge in [0.15, 0.2) is 0 Å². The van der Waals surface area contributed by atoms with E-state index in [2.05, 4.69) is 10.2 Å². The molecular weight excluding hydrogens is 337 g/mol. The maximum atomic E-state index is 12.8. The molecule has 0 spiro atoms. The van der Waals surface area contributed by atoms with Gasteiger partial charge in [-0.1, -0.05) is 18.2 Å². The SMILES string of the molecule is CSC(C)C(=O)NC1CCN(Cc2cccc(C(F)(F)F)c2)CC1. The number of alkyl halides is 3. The van der Waals surface area contributed by atoms with E-state index in [1.54, 1.807) is 6.07 Å². The molecular formula is C17H23F3N2OS. The van der Waals surface area contributed by atoms with Gasteiger partial charge >= 0.3 is 6.18 Å². The van der Waals surface area contributed by atoms with Gasteiger partial charge in [0.2, 0.25) is 5.91 Å². The molecule has 0 radical (unpaired) electrons. The Morgan fingerprint density at radius 3 is 2.62 bits per heavy atom. The number of nitrogens with one attached hydrogen (secondary N) is 1. The normalized spacial score (nSPS) is 18.4. The molecule has 0 bridgehead atoms. The van der Waals surface area contributed by atoms with E-state index in [1.807, 2.05) is 13.2 Å². The molecule has 1 amide bonds. The van der Waals surface area contributed by atoms with Gasteiger partial charge in [-0.05, 0) is 37.7 Å². The summed E-state index contributed by atoms with van der Waals surface area (Å²) in [6, 6.07) is 5.65. The molecule has 1 heterocycles. The molecule has 0 aromatic heterocycles. The van der Waals surface area contributed by atoms with Gasteiger partial charge < -0.3 is 5.32 Å². The molecule has 2 rings (SSSR count). The number of amides is 1. The third kappa shape index (κ3) is 5.41. The summed E-state index contributed by atoms with van der Waals surface area (Å²) in [5, 5.41) is 2.99. The Hall–Kier alpha value is -1.21. The van der Waals surface area contributed by atoms with E-state index < -0.39 is 11.7 Å². The van der Waals surface area contributed by atoms with Crippen LogP contribution in [0.2, 0.25) is 0 Å². The first-order valence-electron chi connectivity index (χ1n) is 8.01. The second-order valence-corrected chi connectivity index (χ2v) is 7.31. The van der Waals surface area contributed by atoms with Gasteiger partial charge in [-0.2, -0.15) is 24.9 Å². The van der Waals surface area contributed by atoms with E-state index in [0.29, 0.717) is 12.1 Å². The van der Waals surface area contributed by atoms with Crippen LogP contribution in [0.4, 0.5) is 13.2 Å². The number of carbonyl (C=O) groups excluding carboxylic acids is 1. The monoisotopic (exact) mass is 360 g/mol. The fraction of sp³-hybridized carbons (Fsp3) is 0.588. The van der Waals surface area contributed by atoms with Gasteiger partial charge in [-0.15, -0.1) is 0 Å². The summed E-state index contributed by atoms with van der Waals surface area (Å²) in [6.07, 6.45) is -0.749. The summed E-state index contributed by atoms with van der Waals surface area (Å²) < 4.78 is 38.3. The van der Waals surface area contributed by atoms with Gasteiger partial charge in [0.25, 0.3) is 0 Å². The zero-order valence-corrected chi connectivity index (χ0v) is 14.7. The fourth-order valence-electron chi connectivity index (χ4n) is 2.77. The quantitative estimate of drug-likeness (QED) is 0.872. The van der Waals surface area contributed by atoms with Crippen LogP contribution in [0.15, 0.2) is 24.3 Å². The van der Waals surface area contributed by atoms with Crippen molar-refractivity contribution < 1.29 is 18.0 Å². The van der Waals surface area contributed by atoms with Crippen molar-refractivity contribution in [3.8, 4) is 0 Å². The smallest absolute Gasteiger partial charge is 0.352 e. The maximum absolute atomic E-state index is 12.8. The first-order chi connectivity index (χ1) is 11.3. The molecule has 0 saturated carbocycles. The average molecular weight is 360 g/mol. The van der Waals surface area contributed by atoms with Crippen LogP contribution in [0.3, 0.4) is 0 Å². The number of nitrogens with zero attached hydrogens (tertiary/aromatic N) is 1. The number of hydrogen-bond acceptors (Lipinski definition) is 3. The first kappa shape index (κ1) is 19.1. The minimum atomic E-state index is -4.30. The summed E-state index contributed by atoms with van der Waals surface area (Å²) in [5.41, 5.74) is 0.0662. The third-order valence-corrected chi connectivity index (χ3v) is 5.24. The number of likely N-dealkylation sites (tertiary alicyclic amines) is 1. The van der Waals surface area contributed by atoms with Gasteiger partial charge in [0.1, 0.15) is 0 Å². The van der Waals surface area contributed by atoms with Crippen LogP contribution in [0.5, 0.6) is 0 Å². The van der Waals surface area contributed by atoms with Gasteiger partial charge in [-0.3, -0.25) is 9.69 Å². The van der Waals surface area contributed by atoms with E-state index in [9.17, 15) is 18.0 Å². The van der Waals surface area contributed by atoms with E-state index in [-0.39, 0.29) is 17.2 Å². The van der Waals surface area contributed by atoms with Crippen LogP contribution in [0.25, 0.3) is 0 Å². The van der Waals surface area contributed by atoms with Crippen molar-refractivity contribution in [3.05, 3.63) is 35.4 Å². The topological polar surface area (TPSA) is 32.3 Å². The molecule has 1 aromatic rings. The molecule has 1 N–H and O–H groups in total. The molecule has 3 nitrogen and oxygen atoms in total. The number of hydrogen-bond donors (Lipinski definition) is 1. The molecule has 0 aliphatic carbocycles. The van der Waals surface area contributed by atoms with Crippen LogP contribution in [-0.4, -0.2) is 41.4 Å². The van der Waals surface area contributed by atoms with Crippen LogP contribution in [0, 0.1) is 0 Å². The maximum Gasteiger partial charge on any atom is 0.416 e. The number of carbonyl (C=O) groups is 1. The van der Waals surface area contributed by atoms with Crippen LogP contribution in [0.1, 0.15) is 30.9 Å². The number of halogens is 3. The number of piperidine rings is 1. The van der Waals surface area contributed by atoms with Crippen molar-refractivity contribution in [2.75, 3.05) is 19.3 Å². The highest BCUT2D eigenvalue weighted by molar-refractivity contribution is 7.99. The lowest BCUT2D eigenvalue weighted by Gasteiger charge is -2.32. The Balaban J connectivity index is 1.84. The van der Waals surface area contributed by atoms with Gasteiger partial charge in [0, 0.05) is 25.7 Å². The molecule has 1 saturated heterocycles. The number of thioether (sulfide) groups is 1. The molecule has 1 aliphatic heterocycles. The van der Waals surface area contributed by atoms with Crippen molar-refractivity contribution in [1.82, 2.24) is 10.2 Å². The highest BCUT2D eigenvalue weighted by Gasteiger charge is 2.30. The first-order valence-corrected chi connectivity index (χ1v) is 9.30. The number of benzene rings is 1. The van der Waals surface area contributed by atoms with Gasteiger partial charge in [0.05, 0.1) is 10.8 Å². The van der Waals surface area contributed by atoms with Crippen molar-refractivity contribution in [1.29, 1.82) is 0 Å². The second kappa shape index (κ2) is 8.25. The molecule has 1 atom stereocenters. The highest BCUT2D eigenvalue weighted by Crippen LogP contribution is 2.30. The van der Waals surface area contributed by atoms with Crippen molar-refractivity contribution in [2.24, 2.45) is 0 Å². The predicted molar refractivity (Wildman–Crippen MR) is 90.9 cm³/mol. The summed E-state index contributed by atoms with van der Waals surface area (Å²) in [5.74, 6) is 0.0545. The minimum absolute atomic E-state index is 0.0545. The molecule has 1 unspecified atom stereocenters. The zero-order valence-electron chi connectivity index (χ0n) is 13.9. The molecule has 24 heavy (non-hydrogen) atoms. The largest absolute Gasteiger partial charge is 0.416 e. The Morgan fingerprint density at radius 1 is 1.38 bits per heavy atom. The summed E-state index contributed by atoms with van der Waals surface area (Å²) in [4.78, 5) is 14.0. The number of rotatable bonds is 5. The minimum Gasteiger partial charge on any atom is -0.352 e. The lowest BCUT2D eigenvalue weighted by Crippen LogP contribution is -2.46. The molecule has 1 aromatic carbocycles. The Bertz CT molecular complexity index is 557. The zero-order chi connectivity index (χ0) is 17.7. The van der Waals surface area contributed by atoms with E-state index in [0.717, 1.165) is 32.0 Å². The predicted octanol–water partition coefficient (Wildman–Crippen LogP) is 3.54. The third-order valence-electron chi connectivity index (χ3n) is 4.32. The van der Waals surface area contributed by atoms with Crippen LogP contribution < -0.4 is 5.32 Å². The lowest BCUT2D eigenvalue weighted by molar-refractivity contribution is -0.137. The summed E-state index contributed by atoms with van der Waals surface area (Å²) >= 11 is 1.51. The van der Waals surface area contributed by atoms with E-state index in [4.69, 9.17) is 0 Å². The average Bonchev–Trinajstić information content (AvgIpc) is 2.55. The Morgan fingerprint density at radius 2 is 2.04 bits per heavy atom. The fourth-order valence-corrected chi connectivity index (χ4v) is 3.05.